The Morgan fingerprint density at radius 2 is 2.00 bits per heavy atom. The van der Waals surface area contributed by atoms with Gasteiger partial charge in [-0.05, 0) is 31.2 Å². The molecule has 9 nitrogen and oxygen atoms in total. The average molecular weight is 356 g/mol. The van der Waals surface area contributed by atoms with Crippen molar-refractivity contribution in [2.45, 2.75) is 13.0 Å². The number of nitrogens with one attached hydrogen (secondary N) is 1. The monoisotopic (exact) mass is 356 g/mol. The number of hydrogen-bond acceptors (Lipinski definition) is 8. The van der Waals surface area contributed by atoms with Crippen molar-refractivity contribution >= 4 is 28.9 Å². The van der Waals surface area contributed by atoms with Crippen LogP contribution in [0.15, 0.2) is 59.0 Å². The molecule has 0 fully saturated rings. The van der Waals surface area contributed by atoms with Gasteiger partial charge in [0.2, 0.25) is 5.91 Å². The minimum atomic E-state index is -0.664. The Morgan fingerprint density at radius 3 is 2.65 bits per heavy atom. The quantitative estimate of drug-likeness (QED) is 0.441. The van der Waals surface area contributed by atoms with E-state index in [1.807, 2.05) is 0 Å². The first-order valence-electron chi connectivity index (χ1n) is 7.71. The van der Waals surface area contributed by atoms with E-state index in [1.54, 1.807) is 43.3 Å². The Morgan fingerprint density at radius 1 is 1.31 bits per heavy atom. The molecule has 0 bridgehead atoms. The maximum atomic E-state index is 11.6. The maximum Gasteiger partial charge on any atom is 0.242 e. The number of pyridine rings is 1. The number of carbonyl (C=O) groups is 1. The van der Waals surface area contributed by atoms with Crippen molar-refractivity contribution in [1.82, 2.24) is 4.98 Å². The zero-order valence-electron chi connectivity index (χ0n) is 14.2. The van der Waals surface area contributed by atoms with Crippen molar-refractivity contribution < 1.29 is 14.6 Å². The minimum Gasteiger partial charge on any atom is -0.458 e. The summed E-state index contributed by atoms with van der Waals surface area (Å²) in [6, 6.07) is 9.32. The smallest absolute Gasteiger partial charge is 0.242 e. The van der Waals surface area contributed by atoms with Gasteiger partial charge in [-0.3, -0.25) is 4.79 Å². The number of amides is 1. The zero-order chi connectivity index (χ0) is 19.1. The number of aromatic nitrogens is 1. The number of para-hydroxylation sites is 1. The Kier molecular flexibility index (Phi) is 6.36. The van der Waals surface area contributed by atoms with E-state index in [0.717, 1.165) is 0 Å². The topological polar surface area (TPSA) is 148 Å². The molecule has 1 amide bonds. The number of nitrogen functional groups attached to an aromatic ring is 1. The summed E-state index contributed by atoms with van der Waals surface area (Å²) in [5.74, 6) is 0.563. The van der Waals surface area contributed by atoms with E-state index in [1.165, 1.54) is 0 Å². The summed E-state index contributed by atoms with van der Waals surface area (Å²) < 4.78 is 5.39. The van der Waals surface area contributed by atoms with Gasteiger partial charge < -0.3 is 26.6 Å². The first-order valence-corrected chi connectivity index (χ1v) is 7.71. The number of hydrogen-bond donors (Lipinski definition) is 4. The van der Waals surface area contributed by atoms with Crippen molar-refractivity contribution in [1.29, 1.82) is 0 Å². The Hall–Kier alpha value is -3.30. The van der Waals surface area contributed by atoms with Crippen LogP contribution in [0.2, 0.25) is 0 Å². The Bertz CT molecular complexity index is 835. The molecule has 0 unspecified atom stereocenters. The fraction of sp³-hybridized carbons (Fsp3) is 0.176. The number of aliphatic hydroxyl groups is 1. The molecule has 0 radical (unpaired) electrons. The van der Waals surface area contributed by atoms with Gasteiger partial charge in [0.25, 0.3) is 0 Å². The lowest BCUT2D eigenvalue weighted by Gasteiger charge is -2.09. The van der Waals surface area contributed by atoms with Crippen LogP contribution in [-0.2, 0) is 4.79 Å². The molecule has 1 aromatic heterocycles. The van der Waals surface area contributed by atoms with Gasteiger partial charge in [0, 0.05) is 0 Å². The molecule has 1 aromatic carbocycles. The second-order valence-electron chi connectivity index (χ2n) is 5.35. The van der Waals surface area contributed by atoms with Crippen LogP contribution >= 0.6 is 0 Å². The maximum absolute atomic E-state index is 11.6. The van der Waals surface area contributed by atoms with Crippen LogP contribution in [0.3, 0.4) is 0 Å². The largest absolute Gasteiger partial charge is 0.458 e. The average Bonchev–Trinajstić information content (AvgIpc) is 2.62. The second-order valence-corrected chi connectivity index (χ2v) is 5.35. The molecule has 0 spiro atoms. The van der Waals surface area contributed by atoms with Crippen LogP contribution < -0.4 is 21.5 Å². The molecular weight excluding hydrogens is 336 g/mol. The fourth-order valence-corrected chi connectivity index (χ4v) is 1.78. The molecule has 2 rings (SSSR count). The highest BCUT2D eigenvalue weighted by Crippen LogP contribution is 2.31. The predicted molar refractivity (Wildman–Crippen MR) is 98.4 cm³/mol. The van der Waals surface area contributed by atoms with Gasteiger partial charge in [0.05, 0.1) is 6.04 Å². The van der Waals surface area contributed by atoms with E-state index in [4.69, 9.17) is 21.3 Å². The summed E-state index contributed by atoms with van der Waals surface area (Å²) >= 11 is 0. The van der Waals surface area contributed by atoms with Crippen molar-refractivity contribution in [2.75, 3.05) is 17.7 Å². The third-order valence-corrected chi connectivity index (χ3v) is 3.13. The van der Waals surface area contributed by atoms with Crippen LogP contribution in [0, 0.1) is 0 Å². The van der Waals surface area contributed by atoms with E-state index < -0.39 is 6.04 Å². The van der Waals surface area contributed by atoms with E-state index in [-0.39, 0.29) is 29.9 Å². The summed E-state index contributed by atoms with van der Waals surface area (Å²) in [6.07, 6.45) is 0. The first kappa shape index (κ1) is 19.0. The van der Waals surface area contributed by atoms with Gasteiger partial charge in [-0.25, -0.2) is 4.98 Å². The number of benzene rings is 1. The number of ether oxygens (including phenoxy) is 1. The molecule has 9 heteroatoms. The van der Waals surface area contributed by atoms with Crippen molar-refractivity contribution in [3.05, 3.63) is 48.7 Å². The summed E-state index contributed by atoms with van der Waals surface area (Å²) in [5.41, 5.74) is 12.1. The van der Waals surface area contributed by atoms with Gasteiger partial charge in [-0.1, -0.05) is 18.7 Å². The molecule has 0 aliphatic rings. The third kappa shape index (κ3) is 5.10. The van der Waals surface area contributed by atoms with Gasteiger partial charge in [0.1, 0.15) is 29.6 Å². The SMILES string of the molecule is C=C(CO)Oc1ccccc1/N=N/c1ccc(NC(=O)[C@H](C)N)nc1N. The van der Waals surface area contributed by atoms with E-state index in [9.17, 15) is 4.79 Å². The highest BCUT2D eigenvalue weighted by Gasteiger charge is 2.10. The number of anilines is 2. The molecule has 26 heavy (non-hydrogen) atoms. The van der Waals surface area contributed by atoms with E-state index in [0.29, 0.717) is 17.1 Å². The van der Waals surface area contributed by atoms with Gasteiger partial charge >= 0.3 is 0 Å². The molecule has 0 aliphatic heterocycles. The Balaban J connectivity index is 2.18. The molecule has 0 aliphatic carbocycles. The number of azo groups is 1. The summed E-state index contributed by atoms with van der Waals surface area (Å²) in [6.45, 7) is 4.82. The lowest BCUT2D eigenvalue weighted by molar-refractivity contribution is -0.117. The third-order valence-electron chi connectivity index (χ3n) is 3.13. The molecule has 136 valence electrons. The molecule has 6 N–H and O–H groups in total. The number of nitrogens with two attached hydrogens (primary N) is 2. The van der Waals surface area contributed by atoms with Gasteiger partial charge in [0.15, 0.2) is 11.6 Å². The standard InChI is InChI=1S/C17H20N6O3/c1-10(9-24)26-14-6-4-3-5-12(14)22-23-13-7-8-15(20-16(13)19)21-17(25)11(2)18/h3-8,11,24H,1,9,18H2,2H3,(H3,19,20,21,25)/b23-22+/t11-/m0/s1. The van der Waals surface area contributed by atoms with Crippen molar-refractivity contribution in [2.24, 2.45) is 16.0 Å². The van der Waals surface area contributed by atoms with Crippen LogP contribution in [0.5, 0.6) is 5.75 Å². The number of nitrogens with zero attached hydrogens (tertiary/aromatic N) is 3. The molecule has 1 atom stereocenters. The summed E-state index contributed by atoms with van der Waals surface area (Å²) in [7, 11) is 0. The van der Waals surface area contributed by atoms with Crippen molar-refractivity contribution in [3.8, 4) is 5.75 Å². The molecule has 0 saturated heterocycles. The number of aliphatic hydroxyl groups excluding tert-OH is 1. The summed E-state index contributed by atoms with van der Waals surface area (Å²) in [5, 5.41) is 19.7. The number of rotatable bonds is 7. The molecular formula is C17H20N6O3. The molecule has 1 heterocycles. The summed E-state index contributed by atoms with van der Waals surface area (Å²) in [4.78, 5) is 15.6. The lowest BCUT2D eigenvalue weighted by Crippen LogP contribution is -2.32. The van der Waals surface area contributed by atoms with Crippen LogP contribution in [0.1, 0.15) is 6.92 Å². The molecule has 2 aromatic rings. The predicted octanol–water partition coefficient (Wildman–Crippen LogP) is 2.25. The Labute approximate surface area is 150 Å². The van der Waals surface area contributed by atoms with E-state index in [2.05, 4.69) is 27.1 Å². The zero-order valence-corrected chi connectivity index (χ0v) is 14.2. The fourth-order valence-electron chi connectivity index (χ4n) is 1.78. The van der Waals surface area contributed by atoms with Crippen LogP contribution in [0.4, 0.5) is 23.0 Å². The van der Waals surface area contributed by atoms with Gasteiger partial charge in [-0.15, -0.1) is 10.2 Å². The second kappa shape index (κ2) is 8.70. The normalized spacial score (nSPS) is 12.0. The van der Waals surface area contributed by atoms with Crippen LogP contribution in [-0.4, -0.2) is 28.6 Å². The first-order chi connectivity index (χ1) is 12.4. The van der Waals surface area contributed by atoms with Crippen LogP contribution in [0.25, 0.3) is 0 Å². The van der Waals surface area contributed by atoms with E-state index >= 15 is 0 Å². The number of carbonyl (C=O) groups excluding carboxylic acids is 1. The highest BCUT2D eigenvalue weighted by molar-refractivity contribution is 5.93. The minimum absolute atomic E-state index is 0.0920. The lowest BCUT2D eigenvalue weighted by atomic mass is 10.3. The van der Waals surface area contributed by atoms with Crippen molar-refractivity contribution in [3.63, 3.8) is 0 Å². The van der Waals surface area contributed by atoms with Gasteiger partial charge in [-0.2, -0.15) is 0 Å². The molecule has 0 saturated carbocycles. The highest BCUT2D eigenvalue weighted by atomic mass is 16.5.